The maximum atomic E-state index is 12.4. The number of thiophene rings is 1. The lowest BCUT2D eigenvalue weighted by molar-refractivity contribution is -0.274. The van der Waals surface area contributed by atoms with Crippen molar-refractivity contribution in [3.8, 4) is 5.75 Å². The molecule has 2 aromatic rings. The summed E-state index contributed by atoms with van der Waals surface area (Å²) in [6.45, 7) is 0. The van der Waals surface area contributed by atoms with Crippen molar-refractivity contribution >= 4 is 33.1 Å². The van der Waals surface area contributed by atoms with Crippen LogP contribution in [0.15, 0.2) is 41.3 Å². The van der Waals surface area contributed by atoms with Gasteiger partial charge in [-0.1, -0.05) is 0 Å². The first kappa shape index (κ1) is 21.7. The average Bonchev–Trinajstić information content (AvgIpc) is 3.01. The van der Waals surface area contributed by atoms with E-state index < -0.39 is 54.7 Å². The summed E-state index contributed by atoms with van der Waals surface area (Å²) in [6.07, 6.45) is -10.1. The Bertz CT molecular complexity index is 992. The summed E-state index contributed by atoms with van der Waals surface area (Å²) in [4.78, 5) is 21.1. The lowest BCUT2D eigenvalue weighted by atomic mass is 10.3. The summed E-state index contributed by atoms with van der Waals surface area (Å²) in [5.41, 5.74) is 0. The SMILES string of the molecule is O=C(NS(=O)(=O)c1ccc(OC(F)(F)F)cc1)c1ccc(C(=O)C(F)(F)F)s1. The summed E-state index contributed by atoms with van der Waals surface area (Å²) in [5, 5.41) is 0. The fourth-order valence-electron chi connectivity index (χ4n) is 1.77. The molecule has 0 aliphatic heterocycles. The number of ketones is 1. The lowest BCUT2D eigenvalue weighted by Crippen LogP contribution is -2.30. The highest BCUT2D eigenvalue weighted by molar-refractivity contribution is 7.90. The lowest BCUT2D eigenvalue weighted by Gasteiger charge is -2.10. The number of hydrogen-bond acceptors (Lipinski definition) is 6. The van der Waals surface area contributed by atoms with Crippen LogP contribution in [0.5, 0.6) is 5.75 Å². The first-order valence-corrected chi connectivity index (χ1v) is 9.13. The largest absolute Gasteiger partial charge is 0.573 e. The number of nitrogens with one attached hydrogen (secondary N) is 1. The zero-order valence-electron chi connectivity index (χ0n) is 13.1. The Hall–Kier alpha value is -2.61. The zero-order valence-corrected chi connectivity index (χ0v) is 14.7. The van der Waals surface area contributed by atoms with Gasteiger partial charge in [0.2, 0.25) is 0 Å². The van der Waals surface area contributed by atoms with E-state index in [4.69, 9.17) is 0 Å². The van der Waals surface area contributed by atoms with Gasteiger partial charge in [-0.3, -0.25) is 9.59 Å². The molecule has 1 aromatic heterocycles. The second-order valence-corrected chi connectivity index (χ2v) is 7.71. The Balaban J connectivity index is 2.15. The molecule has 2 rings (SSSR count). The smallest absolute Gasteiger partial charge is 0.406 e. The summed E-state index contributed by atoms with van der Waals surface area (Å²) >= 11 is 0.130. The fraction of sp³-hybridized carbons (Fsp3) is 0.143. The zero-order chi connectivity index (χ0) is 21.3. The van der Waals surface area contributed by atoms with E-state index in [1.165, 1.54) is 4.72 Å². The van der Waals surface area contributed by atoms with E-state index in [9.17, 15) is 44.3 Å². The molecule has 0 aliphatic carbocycles. The molecular weight excluding hydrogens is 440 g/mol. The van der Waals surface area contributed by atoms with Crippen LogP contribution >= 0.6 is 11.3 Å². The van der Waals surface area contributed by atoms with Crippen LogP contribution in [0, 0.1) is 0 Å². The molecule has 0 radical (unpaired) electrons. The number of ether oxygens (including phenoxy) is 1. The van der Waals surface area contributed by atoms with Gasteiger partial charge < -0.3 is 4.74 Å². The van der Waals surface area contributed by atoms with Crippen molar-refractivity contribution in [2.24, 2.45) is 0 Å². The van der Waals surface area contributed by atoms with E-state index in [-0.39, 0.29) is 11.3 Å². The molecule has 1 amide bonds. The van der Waals surface area contributed by atoms with Crippen LogP contribution in [0.1, 0.15) is 19.3 Å². The minimum Gasteiger partial charge on any atom is -0.406 e. The van der Waals surface area contributed by atoms with E-state index in [1.807, 2.05) is 0 Å². The quantitative estimate of drug-likeness (QED) is 0.560. The Morgan fingerprint density at radius 3 is 1.93 bits per heavy atom. The van der Waals surface area contributed by atoms with Crippen LogP contribution < -0.4 is 9.46 Å². The van der Waals surface area contributed by atoms with Crippen LogP contribution in [0.25, 0.3) is 0 Å². The van der Waals surface area contributed by atoms with Crippen LogP contribution in [0.3, 0.4) is 0 Å². The molecule has 0 fully saturated rings. The minimum atomic E-state index is -5.16. The Morgan fingerprint density at radius 1 is 0.893 bits per heavy atom. The third kappa shape index (κ3) is 5.45. The molecule has 0 aliphatic rings. The van der Waals surface area contributed by atoms with Gasteiger partial charge in [-0.15, -0.1) is 24.5 Å². The van der Waals surface area contributed by atoms with E-state index in [0.717, 1.165) is 18.2 Å². The molecule has 152 valence electrons. The average molecular weight is 447 g/mol. The molecule has 0 unspecified atom stereocenters. The number of sulfonamides is 1. The summed E-state index contributed by atoms with van der Waals surface area (Å²) in [5.74, 6) is -4.21. The number of amides is 1. The summed E-state index contributed by atoms with van der Waals surface area (Å²) in [7, 11) is -4.54. The molecule has 28 heavy (non-hydrogen) atoms. The Morgan fingerprint density at radius 2 is 1.43 bits per heavy atom. The predicted octanol–water partition coefficient (Wildman–Crippen LogP) is 3.51. The van der Waals surface area contributed by atoms with Crippen LogP contribution in [0.2, 0.25) is 0 Å². The monoisotopic (exact) mass is 447 g/mol. The normalized spacial score (nSPS) is 12.5. The molecule has 1 heterocycles. The molecule has 0 saturated carbocycles. The van der Waals surface area contributed by atoms with Gasteiger partial charge >= 0.3 is 12.5 Å². The van der Waals surface area contributed by atoms with Crippen LogP contribution in [-0.4, -0.2) is 32.6 Å². The third-order valence-electron chi connectivity index (χ3n) is 2.91. The van der Waals surface area contributed by atoms with Crippen molar-refractivity contribution < 1.29 is 49.1 Å². The molecule has 0 atom stereocenters. The van der Waals surface area contributed by atoms with Crippen molar-refractivity contribution in [2.45, 2.75) is 17.4 Å². The van der Waals surface area contributed by atoms with E-state index in [2.05, 4.69) is 4.74 Å². The predicted molar refractivity (Wildman–Crippen MR) is 82.5 cm³/mol. The Labute approximate surface area is 156 Å². The first-order valence-electron chi connectivity index (χ1n) is 6.83. The maximum Gasteiger partial charge on any atom is 0.573 e. The van der Waals surface area contributed by atoms with E-state index in [0.29, 0.717) is 18.2 Å². The topological polar surface area (TPSA) is 89.5 Å². The van der Waals surface area contributed by atoms with Gasteiger partial charge in [-0.25, -0.2) is 13.1 Å². The molecular formula is C14H7F6NO5S2. The van der Waals surface area contributed by atoms with Crippen molar-refractivity contribution in [1.82, 2.24) is 4.72 Å². The number of carbonyl (C=O) groups is 2. The van der Waals surface area contributed by atoms with Gasteiger partial charge in [0.1, 0.15) is 5.75 Å². The van der Waals surface area contributed by atoms with Crippen molar-refractivity contribution in [3.63, 3.8) is 0 Å². The van der Waals surface area contributed by atoms with Gasteiger partial charge in [0, 0.05) is 0 Å². The fourth-order valence-corrected chi connectivity index (χ4v) is 3.67. The van der Waals surface area contributed by atoms with Crippen molar-refractivity contribution in [2.75, 3.05) is 0 Å². The third-order valence-corrected chi connectivity index (χ3v) is 5.34. The standard InChI is InChI=1S/C14H7F6NO5S2/c15-13(16,17)11(22)9-5-6-10(27-9)12(23)21-28(24,25)8-3-1-7(2-4-8)26-14(18,19)20/h1-6H,(H,21,23). The van der Waals surface area contributed by atoms with Crippen LogP contribution in [0.4, 0.5) is 26.3 Å². The number of carbonyl (C=O) groups excluding carboxylic acids is 2. The number of Topliss-reactive ketones (excluding diaryl/α,β-unsaturated/α-hetero) is 1. The van der Waals surface area contributed by atoms with Gasteiger partial charge in [-0.05, 0) is 36.4 Å². The molecule has 6 nitrogen and oxygen atoms in total. The summed E-state index contributed by atoms with van der Waals surface area (Å²) in [6, 6.07) is 4.38. The van der Waals surface area contributed by atoms with Crippen molar-refractivity contribution in [1.29, 1.82) is 0 Å². The number of rotatable bonds is 5. The molecule has 0 bridgehead atoms. The van der Waals surface area contributed by atoms with Gasteiger partial charge in [0.25, 0.3) is 21.7 Å². The highest BCUT2D eigenvalue weighted by Gasteiger charge is 2.40. The maximum absolute atomic E-state index is 12.4. The van der Waals surface area contributed by atoms with Gasteiger partial charge in [-0.2, -0.15) is 13.2 Å². The number of alkyl halides is 6. The second kappa shape index (κ2) is 7.43. The molecule has 1 N–H and O–H groups in total. The summed E-state index contributed by atoms with van der Waals surface area (Å²) < 4.78 is 103. The number of hydrogen-bond donors (Lipinski definition) is 1. The molecule has 1 aromatic carbocycles. The molecule has 0 spiro atoms. The number of halogens is 6. The molecule has 0 saturated heterocycles. The highest BCUT2D eigenvalue weighted by atomic mass is 32.2. The van der Waals surface area contributed by atoms with Crippen LogP contribution in [-0.2, 0) is 10.0 Å². The Kier molecular flexibility index (Phi) is 5.75. The number of benzene rings is 1. The van der Waals surface area contributed by atoms with E-state index >= 15 is 0 Å². The van der Waals surface area contributed by atoms with E-state index in [1.54, 1.807) is 0 Å². The first-order chi connectivity index (χ1) is 12.7. The van der Waals surface area contributed by atoms with Gasteiger partial charge in [0.05, 0.1) is 14.6 Å². The van der Waals surface area contributed by atoms with Crippen molar-refractivity contribution in [3.05, 3.63) is 46.2 Å². The molecule has 14 heteroatoms. The highest BCUT2D eigenvalue weighted by Crippen LogP contribution is 2.27. The minimum absolute atomic E-state index is 0.130. The second-order valence-electron chi connectivity index (χ2n) is 4.94. The van der Waals surface area contributed by atoms with Gasteiger partial charge in [0.15, 0.2) is 0 Å².